The number of carbonyl (C=O) groups excluding carboxylic acids is 3. The molecule has 0 N–H and O–H groups in total. The molecule has 0 unspecified atom stereocenters. The van der Waals surface area contributed by atoms with E-state index in [9.17, 15) is 14.4 Å². The molecule has 0 saturated heterocycles. The third kappa shape index (κ3) is 4.67. The first-order chi connectivity index (χ1) is 20.4. The topological polar surface area (TPSA) is 77.7 Å². The number of hydrogen-bond donors (Lipinski definition) is 0. The summed E-state index contributed by atoms with van der Waals surface area (Å²) in [4.78, 5) is 44.2. The van der Waals surface area contributed by atoms with Crippen molar-refractivity contribution in [1.82, 2.24) is 4.57 Å². The van der Waals surface area contributed by atoms with Crippen LogP contribution in [0.1, 0.15) is 51.3 Å². The molecule has 0 aliphatic heterocycles. The van der Waals surface area contributed by atoms with Crippen LogP contribution in [-0.2, 0) is 16.2 Å². The van der Waals surface area contributed by atoms with Crippen molar-refractivity contribution in [3.63, 3.8) is 0 Å². The third-order valence-corrected chi connectivity index (χ3v) is 7.62. The fraction of sp³-hybridized carbons (Fsp3) is 0.111. The molecule has 0 amide bonds. The molecule has 0 aliphatic carbocycles. The molecule has 0 atom stereocenters. The van der Waals surface area contributed by atoms with Crippen molar-refractivity contribution < 1.29 is 19.2 Å². The van der Waals surface area contributed by atoms with E-state index in [1.165, 1.54) is 6.92 Å². The molecule has 42 heavy (non-hydrogen) atoms. The highest BCUT2D eigenvalue weighted by atomic mass is 16.7. The van der Waals surface area contributed by atoms with Gasteiger partial charge in [0.2, 0.25) is 5.78 Å². The second-order valence-corrected chi connectivity index (χ2v) is 10.2. The van der Waals surface area contributed by atoms with E-state index in [0.717, 1.165) is 38.1 Å². The molecule has 0 saturated carbocycles. The zero-order valence-corrected chi connectivity index (χ0v) is 23.5. The second kappa shape index (κ2) is 10.9. The molecule has 6 nitrogen and oxygen atoms in total. The maximum atomic E-state index is 13.9. The minimum Gasteiger partial charge on any atom is -0.341 e. The Hall–Kier alpha value is -5.36. The van der Waals surface area contributed by atoms with E-state index >= 15 is 0 Å². The zero-order chi connectivity index (χ0) is 29.4. The summed E-state index contributed by atoms with van der Waals surface area (Å²) in [6.45, 7) is 5.89. The van der Waals surface area contributed by atoms with E-state index in [1.807, 2.05) is 97.9 Å². The standard InChI is InChI=1S/C36H28N2O4/c1-4-38-32-18-16-25(35(40)29-15-9-12-24-11-6-8-14-28(24)29)20-30(32)31-21-26(17-19-33(31)38)36(41)34(37-42-23(3)39)27-13-7-5-10-22(27)2/h5-21H,4H2,1-3H3/b37-34+. The van der Waals surface area contributed by atoms with Crippen LogP contribution >= 0.6 is 0 Å². The Morgan fingerprint density at radius 3 is 2.05 bits per heavy atom. The van der Waals surface area contributed by atoms with Crippen LogP contribution in [0.2, 0.25) is 0 Å². The molecule has 0 spiro atoms. The van der Waals surface area contributed by atoms with Crippen molar-refractivity contribution in [2.45, 2.75) is 27.3 Å². The van der Waals surface area contributed by atoms with E-state index < -0.39 is 5.97 Å². The van der Waals surface area contributed by atoms with Gasteiger partial charge in [-0.15, -0.1) is 0 Å². The van der Waals surface area contributed by atoms with Gasteiger partial charge in [0.15, 0.2) is 11.5 Å². The fourth-order valence-corrected chi connectivity index (χ4v) is 5.60. The molecule has 6 heteroatoms. The maximum absolute atomic E-state index is 13.9. The predicted octanol–water partition coefficient (Wildman–Crippen LogP) is 7.66. The molecule has 0 fully saturated rings. The third-order valence-electron chi connectivity index (χ3n) is 7.62. The van der Waals surface area contributed by atoms with Crippen LogP contribution in [0.15, 0.2) is 108 Å². The summed E-state index contributed by atoms with van der Waals surface area (Å²) in [5, 5.41) is 7.60. The van der Waals surface area contributed by atoms with Gasteiger partial charge in [0.05, 0.1) is 0 Å². The molecule has 0 radical (unpaired) electrons. The van der Waals surface area contributed by atoms with E-state index in [2.05, 4.69) is 16.6 Å². The number of ketones is 2. The average Bonchev–Trinajstić information content (AvgIpc) is 3.33. The van der Waals surface area contributed by atoms with Crippen molar-refractivity contribution >= 4 is 55.8 Å². The number of fused-ring (bicyclic) bond motifs is 4. The number of rotatable bonds is 7. The molecule has 6 aromatic rings. The van der Waals surface area contributed by atoms with E-state index in [1.54, 1.807) is 12.1 Å². The van der Waals surface area contributed by atoms with Gasteiger partial charge in [0, 0.05) is 57.5 Å². The van der Waals surface area contributed by atoms with Gasteiger partial charge in [-0.2, -0.15) is 0 Å². The van der Waals surface area contributed by atoms with Gasteiger partial charge in [0.25, 0.3) is 0 Å². The monoisotopic (exact) mass is 552 g/mol. The summed E-state index contributed by atoms with van der Waals surface area (Å²) in [6, 6.07) is 32.2. The average molecular weight is 553 g/mol. The van der Waals surface area contributed by atoms with Crippen molar-refractivity contribution in [1.29, 1.82) is 0 Å². The van der Waals surface area contributed by atoms with Crippen LogP contribution in [0.25, 0.3) is 32.6 Å². The minimum absolute atomic E-state index is 0.0497. The first kappa shape index (κ1) is 26.8. The van der Waals surface area contributed by atoms with Gasteiger partial charge >= 0.3 is 5.97 Å². The van der Waals surface area contributed by atoms with Gasteiger partial charge < -0.3 is 9.40 Å². The Bertz CT molecular complexity index is 2080. The number of nitrogens with zero attached hydrogens (tertiary/aromatic N) is 2. The molecular weight excluding hydrogens is 524 g/mol. The zero-order valence-electron chi connectivity index (χ0n) is 23.5. The van der Waals surface area contributed by atoms with Crippen molar-refractivity contribution in [2.24, 2.45) is 5.16 Å². The highest BCUT2D eigenvalue weighted by Crippen LogP contribution is 2.32. The lowest BCUT2D eigenvalue weighted by Gasteiger charge is -2.09. The van der Waals surface area contributed by atoms with Crippen LogP contribution in [0.5, 0.6) is 0 Å². The van der Waals surface area contributed by atoms with Crippen molar-refractivity contribution in [3.05, 3.63) is 131 Å². The van der Waals surface area contributed by atoms with Crippen molar-refractivity contribution in [2.75, 3.05) is 0 Å². The Kier molecular flexibility index (Phi) is 6.97. The number of carbonyl (C=O) groups is 3. The first-order valence-corrected chi connectivity index (χ1v) is 13.8. The second-order valence-electron chi connectivity index (χ2n) is 10.2. The van der Waals surface area contributed by atoms with E-state index in [0.29, 0.717) is 28.8 Å². The summed E-state index contributed by atoms with van der Waals surface area (Å²) in [7, 11) is 0. The molecule has 1 heterocycles. The van der Waals surface area contributed by atoms with Gasteiger partial charge in [-0.25, -0.2) is 4.79 Å². The number of aromatic nitrogens is 1. The van der Waals surface area contributed by atoms with E-state index in [4.69, 9.17) is 4.84 Å². The Labute approximate surface area is 242 Å². The lowest BCUT2D eigenvalue weighted by atomic mass is 9.95. The largest absolute Gasteiger partial charge is 0.341 e. The highest BCUT2D eigenvalue weighted by molar-refractivity contribution is 6.51. The van der Waals surface area contributed by atoms with Crippen LogP contribution in [0.3, 0.4) is 0 Å². The summed E-state index contributed by atoms with van der Waals surface area (Å²) in [6.07, 6.45) is 0. The van der Waals surface area contributed by atoms with Gasteiger partial charge in [-0.05, 0) is 66.6 Å². The molecule has 0 aliphatic rings. The lowest BCUT2D eigenvalue weighted by Crippen LogP contribution is -2.18. The predicted molar refractivity (Wildman–Crippen MR) is 166 cm³/mol. The molecule has 5 aromatic carbocycles. The van der Waals surface area contributed by atoms with Gasteiger partial charge in [-0.3, -0.25) is 9.59 Å². The van der Waals surface area contributed by atoms with Crippen LogP contribution in [0.4, 0.5) is 0 Å². The van der Waals surface area contributed by atoms with Crippen LogP contribution in [-0.4, -0.2) is 27.8 Å². The Balaban J connectivity index is 1.49. The number of oxime groups is 1. The maximum Gasteiger partial charge on any atom is 0.332 e. The Morgan fingerprint density at radius 1 is 0.714 bits per heavy atom. The normalized spacial score (nSPS) is 11.7. The van der Waals surface area contributed by atoms with E-state index in [-0.39, 0.29) is 17.3 Å². The number of benzene rings is 5. The quantitative estimate of drug-likeness (QED) is 0.0882. The van der Waals surface area contributed by atoms with Crippen molar-refractivity contribution in [3.8, 4) is 0 Å². The molecule has 1 aromatic heterocycles. The number of hydrogen-bond acceptors (Lipinski definition) is 5. The number of aryl methyl sites for hydroxylation is 2. The summed E-state index contributed by atoms with van der Waals surface area (Å²) in [5.41, 5.74) is 5.01. The fourth-order valence-electron chi connectivity index (χ4n) is 5.60. The molecule has 0 bridgehead atoms. The SMILES string of the molecule is CCn1c2ccc(C(=O)/C(=N/OC(C)=O)c3ccccc3C)cc2c2cc(C(=O)c3cccc4ccccc34)ccc21. The smallest absolute Gasteiger partial charge is 0.332 e. The van der Waals surface area contributed by atoms with Gasteiger partial charge in [-0.1, -0.05) is 71.9 Å². The molecule has 6 rings (SSSR count). The Morgan fingerprint density at radius 2 is 1.33 bits per heavy atom. The highest BCUT2D eigenvalue weighted by Gasteiger charge is 2.22. The molecular formula is C36H28N2O4. The lowest BCUT2D eigenvalue weighted by molar-refractivity contribution is -0.140. The summed E-state index contributed by atoms with van der Waals surface area (Å²) < 4.78 is 2.17. The first-order valence-electron chi connectivity index (χ1n) is 13.8. The van der Waals surface area contributed by atoms with Crippen LogP contribution in [0, 0.1) is 6.92 Å². The van der Waals surface area contributed by atoms with Gasteiger partial charge in [0.1, 0.15) is 0 Å². The van der Waals surface area contributed by atoms with Crippen LogP contribution < -0.4 is 0 Å². The molecule has 206 valence electrons. The minimum atomic E-state index is -0.612. The summed E-state index contributed by atoms with van der Waals surface area (Å²) in [5.74, 6) is -1.04. The number of Topliss-reactive ketones (excluding diaryl/α,β-unsaturated/α-hetero) is 1. The summed E-state index contributed by atoms with van der Waals surface area (Å²) >= 11 is 0.